The molecule has 0 saturated carbocycles. The molecule has 0 aliphatic rings. The van der Waals surface area contributed by atoms with Crippen LogP contribution in [0.3, 0.4) is 0 Å². The van der Waals surface area contributed by atoms with E-state index in [1.165, 1.54) is 7.11 Å². The van der Waals surface area contributed by atoms with E-state index in [0.29, 0.717) is 12.1 Å². The van der Waals surface area contributed by atoms with Gasteiger partial charge in [-0.25, -0.2) is 4.39 Å². The smallest absolute Gasteiger partial charge is 0.169 e. The average molecular weight is 263 g/mol. The van der Waals surface area contributed by atoms with Crippen LogP contribution < -0.4 is 10.1 Å². The predicted octanol–water partition coefficient (Wildman–Crippen LogP) is 2.21. The van der Waals surface area contributed by atoms with E-state index in [1.807, 2.05) is 16.9 Å². The van der Waals surface area contributed by atoms with Crippen molar-refractivity contribution >= 4 is 0 Å². The first-order valence-corrected chi connectivity index (χ1v) is 6.31. The Labute approximate surface area is 112 Å². The molecule has 5 heteroatoms. The van der Waals surface area contributed by atoms with Gasteiger partial charge in [0.2, 0.25) is 0 Å². The number of rotatable bonds is 7. The molecule has 0 unspecified atom stereocenters. The molecule has 4 nitrogen and oxygen atoms in total. The van der Waals surface area contributed by atoms with Crippen LogP contribution in [0.1, 0.15) is 12.0 Å². The fourth-order valence-electron chi connectivity index (χ4n) is 1.87. The first-order valence-electron chi connectivity index (χ1n) is 6.31. The third-order valence-electron chi connectivity index (χ3n) is 2.88. The molecular formula is C14H18FN3O. The van der Waals surface area contributed by atoms with Crippen molar-refractivity contribution in [3.63, 3.8) is 0 Å². The lowest BCUT2D eigenvalue weighted by Gasteiger charge is -2.08. The number of nitrogens with one attached hydrogen (secondary N) is 1. The molecule has 0 radical (unpaired) electrons. The molecule has 0 aliphatic carbocycles. The quantitative estimate of drug-likeness (QED) is 0.778. The zero-order valence-corrected chi connectivity index (χ0v) is 11.0. The van der Waals surface area contributed by atoms with Gasteiger partial charge in [0.15, 0.2) is 11.6 Å². The standard InChI is InChI=1S/C14H18FN3O/c1-19-13-6-2-5-12(14(13)15)11-16-7-3-9-18-10-4-8-17-18/h2,4-6,8,10,16H,3,7,9,11H2,1H3. The van der Waals surface area contributed by atoms with Crippen LogP contribution in [-0.2, 0) is 13.1 Å². The van der Waals surface area contributed by atoms with Crippen molar-refractivity contribution in [3.05, 3.63) is 48.0 Å². The Bertz CT molecular complexity index is 499. The van der Waals surface area contributed by atoms with Crippen LogP contribution in [0.5, 0.6) is 5.75 Å². The largest absolute Gasteiger partial charge is 0.494 e. The Balaban J connectivity index is 1.73. The number of hydrogen-bond acceptors (Lipinski definition) is 3. The molecule has 0 aliphatic heterocycles. The van der Waals surface area contributed by atoms with Gasteiger partial charge in [-0.1, -0.05) is 12.1 Å². The molecule has 0 amide bonds. The van der Waals surface area contributed by atoms with E-state index in [0.717, 1.165) is 19.5 Å². The predicted molar refractivity (Wildman–Crippen MR) is 71.5 cm³/mol. The normalized spacial score (nSPS) is 10.6. The summed E-state index contributed by atoms with van der Waals surface area (Å²) in [6.07, 6.45) is 4.65. The third-order valence-corrected chi connectivity index (χ3v) is 2.88. The van der Waals surface area contributed by atoms with Gasteiger partial charge in [-0.2, -0.15) is 5.10 Å². The maximum Gasteiger partial charge on any atom is 0.169 e. The molecule has 1 N–H and O–H groups in total. The van der Waals surface area contributed by atoms with E-state index < -0.39 is 0 Å². The highest BCUT2D eigenvalue weighted by Crippen LogP contribution is 2.19. The van der Waals surface area contributed by atoms with E-state index in [2.05, 4.69) is 10.4 Å². The molecule has 0 fully saturated rings. The van der Waals surface area contributed by atoms with Crippen molar-refractivity contribution in [2.75, 3.05) is 13.7 Å². The molecule has 2 rings (SSSR count). The Kier molecular flexibility index (Phi) is 4.92. The summed E-state index contributed by atoms with van der Waals surface area (Å²) in [4.78, 5) is 0. The summed E-state index contributed by atoms with van der Waals surface area (Å²) < 4.78 is 20.7. The first kappa shape index (κ1) is 13.5. The molecule has 0 saturated heterocycles. The molecular weight excluding hydrogens is 245 g/mol. The lowest BCUT2D eigenvalue weighted by molar-refractivity contribution is 0.383. The number of halogens is 1. The Morgan fingerprint density at radius 3 is 3.00 bits per heavy atom. The molecule has 0 atom stereocenters. The maximum atomic E-state index is 13.8. The molecule has 102 valence electrons. The second kappa shape index (κ2) is 6.89. The number of benzene rings is 1. The number of methoxy groups -OCH3 is 1. The van der Waals surface area contributed by atoms with Crippen LogP contribution in [0, 0.1) is 5.82 Å². The molecule has 2 aromatic rings. The van der Waals surface area contributed by atoms with Gasteiger partial charge in [-0.15, -0.1) is 0 Å². The van der Waals surface area contributed by atoms with Crippen molar-refractivity contribution in [2.24, 2.45) is 0 Å². The zero-order valence-electron chi connectivity index (χ0n) is 11.0. The average Bonchev–Trinajstić information content (AvgIpc) is 2.93. The van der Waals surface area contributed by atoms with Crippen LogP contribution in [-0.4, -0.2) is 23.4 Å². The van der Waals surface area contributed by atoms with Crippen molar-refractivity contribution in [3.8, 4) is 5.75 Å². The lowest BCUT2D eigenvalue weighted by atomic mass is 10.2. The Morgan fingerprint density at radius 2 is 2.26 bits per heavy atom. The molecule has 1 heterocycles. The summed E-state index contributed by atoms with van der Waals surface area (Å²) >= 11 is 0. The van der Waals surface area contributed by atoms with Crippen molar-refractivity contribution < 1.29 is 9.13 Å². The number of ether oxygens (including phenoxy) is 1. The molecule has 0 spiro atoms. The summed E-state index contributed by atoms with van der Waals surface area (Å²) in [7, 11) is 1.47. The minimum absolute atomic E-state index is 0.287. The summed E-state index contributed by atoms with van der Waals surface area (Å²) in [5, 5.41) is 7.34. The first-order chi connectivity index (χ1) is 9.31. The highest BCUT2D eigenvalue weighted by Gasteiger charge is 2.07. The minimum atomic E-state index is -0.287. The molecule has 1 aromatic heterocycles. The Morgan fingerprint density at radius 1 is 1.37 bits per heavy atom. The van der Waals surface area contributed by atoms with Crippen LogP contribution in [0.4, 0.5) is 4.39 Å². The molecule has 19 heavy (non-hydrogen) atoms. The van der Waals surface area contributed by atoms with Crippen LogP contribution in [0.15, 0.2) is 36.7 Å². The molecule has 1 aromatic carbocycles. The number of aromatic nitrogens is 2. The van der Waals surface area contributed by atoms with Crippen LogP contribution in [0.2, 0.25) is 0 Å². The van der Waals surface area contributed by atoms with E-state index >= 15 is 0 Å². The van der Waals surface area contributed by atoms with Gasteiger partial charge in [0, 0.05) is 31.0 Å². The van der Waals surface area contributed by atoms with E-state index in [4.69, 9.17) is 4.74 Å². The van der Waals surface area contributed by atoms with Gasteiger partial charge in [0.1, 0.15) is 0 Å². The Hall–Kier alpha value is -1.88. The van der Waals surface area contributed by atoms with Crippen molar-refractivity contribution in [1.29, 1.82) is 0 Å². The zero-order chi connectivity index (χ0) is 13.5. The highest BCUT2D eigenvalue weighted by atomic mass is 19.1. The van der Waals surface area contributed by atoms with E-state index in [9.17, 15) is 4.39 Å². The highest BCUT2D eigenvalue weighted by molar-refractivity contribution is 5.30. The summed E-state index contributed by atoms with van der Waals surface area (Å²) in [5.74, 6) is 0.000386. The van der Waals surface area contributed by atoms with Crippen LogP contribution >= 0.6 is 0 Å². The summed E-state index contributed by atoms with van der Waals surface area (Å²) in [6, 6.07) is 7.08. The fourth-order valence-corrected chi connectivity index (χ4v) is 1.87. The monoisotopic (exact) mass is 263 g/mol. The van der Waals surface area contributed by atoms with Gasteiger partial charge in [0.05, 0.1) is 7.11 Å². The second-order valence-corrected chi connectivity index (χ2v) is 4.23. The van der Waals surface area contributed by atoms with E-state index in [1.54, 1.807) is 24.4 Å². The number of hydrogen-bond donors (Lipinski definition) is 1. The van der Waals surface area contributed by atoms with Gasteiger partial charge in [0.25, 0.3) is 0 Å². The number of aryl methyl sites for hydroxylation is 1. The van der Waals surface area contributed by atoms with Crippen LogP contribution in [0.25, 0.3) is 0 Å². The second-order valence-electron chi connectivity index (χ2n) is 4.23. The van der Waals surface area contributed by atoms with E-state index in [-0.39, 0.29) is 11.6 Å². The van der Waals surface area contributed by atoms with Crippen molar-refractivity contribution in [1.82, 2.24) is 15.1 Å². The van der Waals surface area contributed by atoms with Gasteiger partial charge in [-0.3, -0.25) is 4.68 Å². The van der Waals surface area contributed by atoms with Gasteiger partial charge >= 0.3 is 0 Å². The minimum Gasteiger partial charge on any atom is -0.494 e. The van der Waals surface area contributed by atoms with Gasteiger partial charge < -0.3 is 10.1 Å². The van der Waals surface area contributed by atoms with Crippen molar-refractivity contribution in [2.45, 2.75) is 19.5 Å². The summed E-state index contributed by atoms with van der Waals surface area (Å²) in [6.45, 7) is 2.18. The third kappa shape index (κ3) is 3.79. The topological polar surface area (TPSA) is 39.1 Å². The SMILES string of the molecule is COc1cccc(CNCCCn2cccn2)c1F. The molecule has 0 bridgehead atoms. The number of nitrogens with zero attached hydrogens (tertiary/aromatic N) is 2. The fraction of sp³-hybridized carbons (Fsp3) is 0.357. The maximum absolute atomic E-state index is 13.8. The van der Waals surface area contributed by atoms with Gasteiger partial charge in [-0.05, 0) is 25.1 Å². The summed E-state index contributed by atoms with van der Waals surface area (Å²) in [5.41, 5.74) is 0.624. The lowest BCUT2D eigenvalue weighted by Crippen LogP contribution is -2.17.